The average molecular weight is 357 g/mol. The molecular weight excluding hydrogens is 333 g/mol. The number of likely N-dealkylation sites (tertiary alicyclic amines) is 1. The molecule has 2 fully saturated rings. The lowest BCUT2D eigenvalue weighted by atomic mass is 9.83. The number of nitrogens with zero attached hydrogens (tertiary/aromatic N) is 3. The largest absolute Gasteiger partial charge is 0.466 e. The molecule has 26 heavy (non-hydrogen) atoms. The van der Waals surface area contributed by atoms with Crippen molar-refractivity contribution < 1.29 is 13.6 Å². The van der Waals surface area contributed by atoms with Crippen molar-refractivity contribution in [1.29, 1.82) is 0 Å². The van der Waals surface area contributed by atoms with Crippen molar-refractivity contribution in [2.45, 2.75) is 38.6 Å². The Morgan fingerprint density at radius 1 is 1.31 bits per heavy atom. The first kappa shape index (κ1) is 17.1. The summed E-state index contributed by atoms with van der Waals surface area (Å²) in [5.41, 5.74) is 0. The zero-order chi connectivity index (χ0) is 18.1. The Morgan fingerprint density at radius 3 is 2.96 bits per heavy atom. The molecule has 5 nitrogen and oxygen atoms in total. The van der Waals surface area contributed by atoms with Crippen molar-refractivity contribution >= 4 is 11.7 Å². The highest BCUT2D eigenvalue weighted by atomic mass is 19.1. The molecule has 0 bridgehead atoms. The van der Waals surface area contributed by atoms with Gasteiger partial charge in [0.2, 0.25) is 5.91 Å². The molecule has 6 heteroatoms. The Morgan fingerprint density at radius 2 is 2.19 bits per heavy atom. The maximum Gasteiger partial charge on any atom is 0.222 e. The van der Waals surface area contributed by atoms with Crippen molar-refractivity contribution in [3.05, 3.63) is 47.8 Å². The van der Waals surface area contributed by atoms with Gasteiger partial charge >= 0.3 is 0 Å². The Labute approximate surface area is 152 Å². The maximum atomic E-state index is 14.1. The number of hydrogen-bond donors (Lipinski definition) is 0. The number of carbonyl (C=O) groups excluding carboxylic acids is 1. The van der Waals surface area contributed by atoms with Crippen LogP contribution in [0.2, 0.25) is 0 Å². The molecule has 0 radical (unpaired) electrons. The highest BCUT2D eigenvalue weighted by molar-refractivity contribution is 5.77. The molecule has 0 saturated carbocycles. The van der Waals surface area contributed by atoms with E-state index in [1.807, 2.05) is 28.9 Å². The number of carbonyl (C=O) groups is 1. The molecule has 0 N–H and O–H groups in total. The van der Waals surface area contributed by atoms with Gasteiger partial charge in [-0.1, -0.05) is 0 Å². The van der Waals surface area contributed by atoms with Gasteiger partial charge in [0.1, 0.15) is 11.5 Å². The normalized spacial score (nSPS) is 23.2. The van der Waals surface area contributed by atoms with Crippen LogP contribution in [0.4, 0.5) is 10.2 Å². The van der Waals surface area contributed by atoms with E-state index in [0.717, 1.165) is 43.9 Å². The van der Waals surface area contributed by atoms with Crippen molar-refractivity contribution in [1.82, 2.24) is 9.88 Å². The first-order valence-corrected chi connectivity index (χ1v) is 9.32. The summed E-state index contributed by atoms with van der Waals surface area (Å²) in [6.45, 7) is 4.09. The van der Waals surface area contributed by atoms with E-state index in [4.69, 9.17) is 4.42 Å². The second kappa shape index (κ2) is 7.09. The van der Waals surface area contributed by atoms with Crippen LogP contribution >= 0.6 is 0 Å². The van der Waals surface area contributed by atoms with E-state index in [9.17, 15) is 9.18 Å². The summed E-state index contributed by atoms with van der Waals surface area (Å²) in [5, 5.41) is 0. The van der Waals surface area contributed by atoms with E-state index in [0.29, 0.717) is 24.7 Å². The molecule has 2 aromatic heterocycles. The van der Waals surface area contributed by atoms with Gasteiger partial charge < -0.3 is 14.2 Å². The highest BCUT2D eigenvalue weighted by Crippen LogP contribution is 2.33. The molecule has 4 rings (SSSR count). The lowest BCUT2D eigenvalue weighted by Crippen LogP contribution is -2.56. The van der Waals surface area contributed by atoms with E-state index in [2.05, 4.69) is 4.98 Å². The lowest BCUT2D eigenvalue weighted by molar-refractivity contribution is -0.139. The first-order valence-electron chi connectivity index (χ1n) is 9.32. The number of pyridine rings is 1. The van der Waals surface area contributed by atoms with E-state index < -0.39 is 0 Å². The van der Waals surface area contributed by atoms with Crippen LogP contribution < -0.4 is 4.90 Å². The van der Waals surface area contributed by atoms with Crippen LogP contribution in [0.25, 0.3) is 0 Å². The average Bonchev–Trinajstić information content (AvgIpc) is 3.06. The van der Waals surface area contributed by atoms with Crippen LogP contribution in [-0.4, -0.2) is 41.5 Å². The highest BCUT2D eigenvalue weighted by Gasteiger charge is 2.39. The van der Waals surface area contributed by atoms with E-state index >= 15 is 0 Å². The number of halogens is 1. The minimum absolute atomic E-state index is 0.229. The summed E-state index contributed by atoms with van der Waals surface area (Å²) >= 11 is 0. The zero-order valence-electron chi connectivity index (χ0n) is 15.0. The number of anilines is 1. The fourth-order valence-corrected chi connectivity index (χ4v) is 4.29. The molecule has 2 aliphatic heterocycles. The molecule has 1 amide bonds. The van der Waals surface area contributed by atoms with Crippen LogP contribution in [0.1, 0.15) is 30.8 Å². The molecule has 2 saturated heterocycles. The predicted octanol–water partition coefficient (Wildman–Crippen LogP) is 3.18. The van der Waals surface area contributed by atoms with Crippen molar-refractivity contribution in [2.24, 2.45) is 5.92 Å². The smallest absolute Gasteiger partial charge is 0.222 e. The van der Waals surface area contributed by atoms with Gasteiger partial charge in [-0.05, 0) is 49.9 Å². The van der Waals surface area contributed by atoms with Gasteiger partial charge in [-0.15, -0.1) is 0 Å². The summed E-state index contributed by atoms with van der Waals surface area (Å²) in [6, 6.07) is 7.23. The third kappa shape index (κ3) is 3.32. The number of fused-ring (bicyclic) bond motifs is 1. The predicted molar refractivity (Wildman–Crippen MR) is 96.4 cm³/mol. The van der Waals surface area contributed by atoms with Crippen LogP contribution in [0.3, 0.4) is 0 Å². The summed E-state index contributed by atoms with van der Waals surface area (Å²) in [7, 11) is 0. The fourth-order valence-electron chi connectivity index (χ4n) is 4.29. The van der Waals surface area contributed by atoms with Gasteiger partial charge in [0.05, 0.1) is 0 Å². The Kier molecular flexibility index (Phi) is 4.66. The summed E-state index contributed by atoms with van der Waals surface area (Å²) in [5.74, 6) is 2.57. The van der Waals surface area contributed by atoms with Gasteiger partial charge in [0.15, 0.2) is 11.6 Å². The van der Waals surface area contributed by atoms with E-state index in [1.54, 1.807) is 12.3 Å². The topological polar surface area (TPSA) is 49.6 Å². The number of furan rings is 1. The van der Waals surface area contributed by atoms with Gasteiger partial charge in [0, 0.05) is 44.7 Å². The van der Waals surface area contributed by atoms with E-state index in [-0.39, 0.29) is 17.8 Å². The van der Waals surface area contributed by atoms with Gasteiger partial charge in [-0.25, -0.2) is 9.37 Å². The van der Waals surface area contributed by atoms with Crippen molar-refractivity contribution in [3.63, 3.8) is 0 Å². The number of aromatic nitrogens is 1. The minimum Gasteiger partial charge on any atom is -0.466 e. The molecule has 2 atom stereocenters. The van der Waals surface area contributed by atoms with Crippen molar-refractivity contribution in [3.8, 4) is 0 Å². The van der Waals surface area contributed by atoms with Gasteiger partial charge in [0.25, 0.3) is 0 Å². The van der Waals surface area contributed by atoms with Crippen LogP contribution in [0.5, 0.6) is 0 Å². The van der Waals surface area contributed by atoms with E-state index in [1.165, 1.54) is 6.07 Å². The Hall–Kier alpha value is -2.37. The summed E-state index contributed by atoms with van der Waals surface area (Å²) in [6.07, 6.45) is 4.65. The molecule has 0 aliphatic carbocycles. The number of piperidine rings is 2. The second-order valence-electron chi connectivity index (χ2n) is 7.26. The maximum absolute atomic E-state index is 14.1. The number of amides is 1. The number of rotatable bonds is 4. The molecule has 2 aromatic rings. The molecule has 0 unspecified atom stereocenters. The monoisotopic (exact) mass is 357 g/mol. The van der Waals surface area contributed by atoms with Gasteiger partial charge in [-0.3, -0.25) is 4.79 Å². The molecule has 138 valence electrons. The molecule has 2 aliphatic rings. The Bertz CT molecular complexity index is 791. The molecule has 4 heterocycles. The van der Waals surface area contributed by atoms with Crippen molar-refractivity contribution in [2.75, 3.05) is 24.5 Å². The van der Waals surface area contributed by atoms with Crippen LogP contribution in [-0.2, 0) is 11.2 Å². The lowest BCUT2D eigenvalue weighted by Gasteiger charge is -2.47. The summed E-state index contributed by atoms with van der Waals surface area (Å²) < 4.78 is 19.7. The third-order valence-corrected chi connectivity index (χ3v) is 5.58. The quantitative estimate of drug-likeness (QED) is 0.843. The molecule has 0 aromatic carbocycles. The SMILES string of the molecule is Cc1ccc(CCN2C(=O)CC[C@H]3CN(c4ncccc4F)CC[C@H]32)o1. The summed E-state index contributed by atoms with van der Waals surface area (Å²) in [4.78, 5) is 20.8. The Balaban J connectivity index is 1.44. The second-order valence-corrected chi connectivity index (χ2v) is 7.26. The standard InChI is InChI=1S/C20H24FN3O2/c1-14-4-6-16(26-14)8-12-24-18-9-11-23(13-15(18)5-7-19(24)25)20-17(21)3-2-10-22-20/h2-4,6,10,15,18H,5,7-9,11-13H2,1H3/t15-,18+/m0/s1. The van der Waals surface area contributed by atoms with Crippen LogP contribution in [0, 0.1) is 18.7 Å². The van der Waals surface area contributed by atoms with Crippen LogP contribution in [0.15, 0.2) is 34.9 Å². The molecule has 0 spiro atoms. The van der Waals surface area contributed by atoms with Gasteiger partial charge in [-0.2, -0.15) is 0 Å². The minimum atomic E-state index is -0.275. The first-order chi connectivity index (χ1) is 12.6. The number of aryl methyl sites for hydroxylation is 1. The number of hydrogen-bond acceptors (Lipinski definition) is 4. The zero-order valence-corrected chi connectivity index (χ0v) is 15.0. The fraction of sp³-hybridized carbons (Fsp3) is 0.500. The third-order valence-electron chi connectivity index (χ3n) is 5.58. The molecular formula is C20H24FN3O2.